The number of rotatable bonds is 20. The van der Waals surface area contributed by atoms with E-state index in [-0.39, 0.29) is 5.82 Å². The molecule has 5 atom stereocenters. The summed E-state index contributed by atoms with van der Waals surface area (Å²) < 4.78 is 29.4. The van der Waals surface area contributed by atoms with E-state index in [2.05, 4.69) is 11.9 Å². The van der Waals surface area contributed by atoms with Crippen LogP contribution in [0.15, 0.2) is 17.1 Å². The Bertz CT molecular complexity index is 810. The lowest BCUT2D eigenvalue weighted by atomic mass is 10.0. The summed E-state index contributed by atoms with van der Waals surface area (Å²) in [5, 5.41) is 9.69. The average Bonchev–Trinajstić information content (AvgIpc) is 3.17. The van der Waals surface area contributed by atoms with Crippen molar-refractivity contribution in [3.8, 4) is 0 Å². The van der Waals surface area contributed by atoms with Crippen LogP contribution < -0.4 is 11.4 Å². The molecule has 0 radical (unpaired) electrons. The van der Waals surface area contributed by atoms with Gasteiger partial charge in [-0.2, -0.15) is 4.98 Å². The topological polar surface area (TPSA) is 146 Å². The maximum Gasteiger partial charge on any atom is 0.695 e. The standard InChI is InChI=1S/C25H44N3O7P/c1-2-3-4-5-6-7-8-9-10-11-12-13-14-15-18-33-23-22(35-36(31)32)20(19-29)34-24(23)28-17-16-21(26)27-25(28)30/h16-17,20,22-24,29H,2-15,18-19H2,1H3,(H2-,26,27,30,31,32)/p+1/t20-,22?,23+,24-/m1/s1. The molecule has 0 saturated carbocycles. The van der Waals surface area contributed by atoms with Gasteiger partial charge in [0.05, 0.1) is 6.61 Å². The van der Waals surface area contributed by atoms with E-state index in [1.807, 2.05) is 0 Å². The number of anilines is 1. The third-order valence-electron chi connectivity index (χ3n) is 6.61. The molecular weight excluding hydrogens is 485 g/mol. The minimum absolute atomic E-state index is 0.0686. The number of ether oxygens (including phenoxy) is 2. The van der Waals surface area contributed by atoms with Crippen LogP contribution in [-0.2, 0) is 18.6 Å². The number of hydrogen-bond donors (Lipinski definition) is 3. The summed E-state index contributed by atoms with van der Waals surface area (Å²) in [5.74, 6) is 0.0686. The van der Waals surface area contributed by atoms with Gasteiger partial charge in [-0.05, 0) is 12.5 Å². The predicted octanol–water partition coefficient (Wildman–Crippen LogP) is 4.62. The second-order valence-electron chi connectivity index (χ2n) is 9.53. The second kappa shape index (κ2) is 17.9. The van der Waals surface area contributed by atoms with E-state index in [4.69, 9.17) is 19.7 Å². The Morgan fingerprint density at radius 3 is 2.06 bits per heavy atom. The lowest BCUT2D eigenvalue weighted by molar-refractivity contribution is -0.0743. The molecule has 206 valence electrons. The number of aliphatic hydroxyl groups excluding tert-OH is 1. The second-order valence-corrected chi connectivity index (χ2v) is 10.2. The van der Waals surface area contributed by atoms with Crippen LogP contribution in [0.2, 0.25) is 0 Å². The fraction of sp³-hybridized carbons (Fsp3) is 0.840. The Labute approximate surface area is 215 Å². The average molecular weight is 531 g/mol. The third-order valence-corrected chi connectivity index (χ3v) is 7.03. The van der Waals surface area contributed by atoms with Crippen molar-refractivity contribution in [1.82, 2.24) is 9.55 Å². The van der Waals surface area contributed by atoms with Crippen molar-refractivity contribution in [2.75, 3.05) is 18.9 Å². The van der Waals surface area contributed by atoms with Crippen LogP contribution in [0, 0.1) is 0 Å². The highest BCUT2D eigenvalue weighted by molar-refractivity contribution is 7.32. The highest BCUT2D eigenvalue weighted by Gasteiger charge is 2.51. The van der Waals surface area contributed by atoms with Crippen molar-refractivity contribution in [2.45, 2.75) is 121 Å². The molecule has 2 rings (SSSR count). The Morgan fingerprint density at radius 1 is 1.00 bits per heavy atom. The first-order chi connectivity index (χ1) is 17.5. The lowest BCUT2D eigenvalue weighted by Gasteiger charge is -2.22. The zero-order chi connectivity index (χ0) is 26.2. The monoisotopic (exact) mass is 530 g/mol. The molecule has 2 heterocycles. The number of unbranched alkanes of at least 4 members (excludes halogenated alkanes) is 13. The summed E-state index contributed by atoms with van der Waals surface area (Å²) in [5.41, 5.74) is 4.93. The Morgan fingerprint density at radius 2 is 1.56 bits per heavy atom. The van der Waals surface area contributed by atoms with Crippen molar-refractivity contribution >= 4 is 14.1 Å². The third kappa shape index (κ3) is 10.9. The van der Waals surface area contributed by atoms with E-state index in [0.29, 0.717) is 6.61 Å². The van der Waals surface area contributed by atoms with E-state index < -0.39 is 45.1 Å². The highest BCUT2D eigenvalue weighted by atomic mass is 31.1. The van der Waals surface area contributed by atoms with Crippen molar-refractivity contribution in [3.05, 3.63) is 22.7 Å². The van der Waals surface area contributed by atoms with Crippen LogP contribution in [-0.4, -0.2) is 51.1 Å². The van der Waals surface area contributed by atoms with Gasteiger partial charge in [-0.1, -0.05) is 90.4 Å². The number of hydrogen-bond acceptors (Lipinski definition) is 8. The molecule has 1 fully saturated rings. The van der Waals surface area contributed by atoms with E-state index in [1.165, 1.54) is 87.5 Å². The van der Waals surface area contributed by atoms with Gasteiger partial charge in [-0.15, -0.1) is 9.42 Å². The van der Waals surface area contributed by atoms with Crippen molar-refractivity contribution in [3.63, 3.8) is 0 Å². The SMILES string of the molecule is CCCCCCCCCCCCCCCCO[C@H]1C(O[P+](=O)O)[C@@H](CO)O[C@H]1n1ccc(N)nc1=O. The quantitative estimate of drug-likeness (QED) is 0.162. The molecule has 11 heteroatoms. The van der Waals surface area contributed by atoms with E-state index >= 15 is 0 Å². The Kier molecular flexibility index (Phi) is 15.3. The number of nitrogens with two attached hydrogens (primary N) is 1. The largest absolute Gasteiger partial charge is 0.695 e. The van der Waals surface area contributed by atoms with E-state index in [9.17, 15) is 19.4 Å². The molecule has 10 nitrogen and oxygen atoms in total. The van der Waals surface area contributed by atoms with Crippen LogP contribution >= 0.6 is 8.25 Å². The first-order valence-electron chi connectivity index (χ1n) is 13.5. The van der Waals surface area contributed by atoms with Gasteiger partial charge in [0.15, 0.2) is 12.3 Å². The summed E-state index contributed by atoms with van der Waals surface area (Å²) in [6, 6.07) is 1.45. The van der Waals surface area contributed by atoms with Gasteiger partial charge >= 0.3 is 13.9 Å². The van der Waals surface area contributed by atoms with Crippen LogP contribution in [0.4, 0.5) is 5.82 Å². The summed E-state index contributed by atoms with van der Waals surface area (Å²) in [6.07, 6.45) is 15.1. The van der Waals surface area contributed by atoms with Gasteiger partial charge in [0.2, 0.25) is 0 Å². The maximum absolute atomic E-state index is 12.3. The molecular formula is C25H45N3O7P+. The van der Waals surface area contributed by atoms with Crippen molar-refractivity contribution < 1.29 is 28.6 Å². The molecule has 1 aromatic rings. The molecule has 0 bridgehead atoms. The highest BCUT2D eigenvalue weighted by Crippen LogP contribution is 2.37. The molecule has 1 aliphatic rings. The lowest BCUT2D eigenvalue weighted by Crippen LogP contribution is -2.39. The summed E-state index contributed by atoms with van der Waals surface area (Å²) >= 11 is 0. The molecule has 0 spiro atoms. The van der Waals surface area contributed by atoms with Gasteiger partial charge in [-0.3, -0.25) is 4.57 Å². The predicted molar refractivity (Wildman–Crippen MR) is 139 cm³/mol. The molecule has 0 amide bonds. The molecule has 4 N–H and O–H groups in total. The Hall–Kier alpha value is -1.42. The first kappa shape index (κ1) is 30.8. The first-order valence-corrected chi connectivity index (χ1v) is 14.7. The normalized spacial score (nSPS) is 22.2. The zero-order valence-electron chi connectivity index (χ0n) is 21.6. The van der Waals surface area contributed by atoms with Gasteiger partial charge in [0.25, 0.3) is 0 Å². The van der Waals surface area contributed by atoms with Gasteiger partial charge in [-0.25, -0.2) is 4.79 Å². The fourth-order valence-corrected chi connectivity index (χ4v) is 5.09. The fourth-order valence-electron chi connectivity index (χ4n) is 4.62. The summed E-state index contributed by atoms with van der Waals surface area (Å²) in [4.78, 5) is 25.3. The van der Waals surface area contributed by atoms with Gasteiger partial charge in [0, 0.05) is 17.4 Å². The molecule has 0 aromatic carbocycles. The number of nitrogens with zero attached hydrogens (tertiary/aromatic N) is 2. The van der Waals surface area contributed by atoms with E-state index in [0.717, 1.165) is 19.3 Å². The molecule has 1 saturated heterocycles. The number of aliphatic hydroxyl groups is 1. The van der Waals surface area contributed by atoms with Crippen LogP contribution in [0.25, 0.3) is 0 Å². The summed E-state index contributed by atoms with van der Waals surface area (Å²) in [6.45, 7) is 2.17. The van der Waals surface area contributed by atoms with E-state index in [1.54, 1.807) is 0 Å². The van der Waals surface area contributed by atoms with Crippen LogP contribution in [0.1, 0.15) is 103 Å². The van der Waals surface area contributed by atoms with Crippen molar-refractivity contribution in [1.29, 1.82) is 0 Å². The maximum atomic E-state index is 12.3. The van der Waals surface area contributed by atoms with Gasteiger partial charge in [0.1, 0.15) is 18.0 Å². The minimum atomic E-state index is -2.95. The van der Waals surface area contributed by atoms with Gasteiger partial charge < -0.3 is 20.3 Å². The molecule has 0 aliphatic carbocycles. The van der Waals surface area contributed by atoms with Crippen molar-refractivity contribution in [2.24, 2.45) is 0 Å². The smallest absolute Gasteiger partial charge is 0.394 e. The Balaban J connectivity index is 1.70. The number of nitrogen functional groups attached to an aromatic ring is 1. The molecule has 1 aliphatic heterocycles. The van der Waals surface area contributed by atoms with Crippen LogP contribution in [0.3, 0.4) is 0 Å². The molecule has 36 heavy (non-hydrogen) atoms. The zero-order valence-corrected chi connectivity index (χ0v) is 22.5. The molecule has 2 unspecified atom stereocenters. The molecule has 1 aromatic heterocycles. The number of aromatic nitrogens is 2. The van der Waals surface area contributed by atoms with Crippen LogP contribution in [0.5, 0.6) is 0 Å². The minimum Gasteiger partial charge on any atom is -0.394 e. The summed E-state index contributed by atoms with van der Waals surface area (Å²) in [7, 11) is -2.95.